The Bertz CT molecular complexity index is 605. The molecule has 0 amide bonds. The Kier molecular flexibility index (Phi) is 4.82. The number of nitrogen functional groups attached to an aromatic ring is 1. The quantitative estimate of drug-likeness (QED) is 0.833. The molecule has 0 saturated carbocycles. The van der Waals surface area contributed by atoms with Gasteiger partial charge in [-0.1, -0.05) is 20.8 Å². The van der Waals surface area contributed by atoms with Crippen LogP contribution >= 0.6 is 0 Å². The van der Waals surface area contributed by atoms with Gasteiger partial charge in [-0.3, -0.25) is 4.72 Å². The second-order valence-corrected chi connectivity index (χ2v) is 7.87. The summed E-state index contributed by atoms with van der Waals surface area (Å²) in [4.78, 5) is 0. The van der Waals surface area contributed by atoms with Gasteiger partial charge in [0.25, 0.3) is 0 Å². The van der Waals surface area contributed by atoms with Gasteiger partial charge in [-0.05, 0) is 30.0 Å². The first kappa shape index (κ1) is 17.6. The van der Waals surface area contributed by atoms with Crippen molar-refractivity contribution in [3.63, 3.8) is 0 Å². The number of rotatable bonds is 4. The monoisotopic (exact) mass is 324 g/mol. The molecule has 0 bridgehead atoms. The first-order valence-corrected chi connectivity index (χ1v) is 7.93. The zero-order valence-electron chi connectivity index (χ0n) is 12.1. The van der Waals surface area contributed by atoms with Crippen LogP contribution in [0, 0.1) is 5.41 Å². The minimum Gasteiger partial charge on any atom is -0.398 e. The van der Waals surface area contributed by atoms with Crippen molar-refractivity contribution in [2.45, 2.75) is 33.4 Å². The van der Waals surface area contributed by atoms with E-state index < -0.39 is 27.5 Å². The van der Waals surface area contributed by atoms with Gasteiger partial charge in [0.1, 0.15) is 0 Å². The summed E-state index contributed by atoms with van der Waals surface area (Å²) in [6.07, 6.45) is -4.24. The first-order valence-electron chi connectivity index (χ1n) is 6.27. The molecule has 1 aromatic carbocycles. The Labute approximate surface area is 122 Å². The topological polar surface area (TPSA) is 72.2 Å². The minimum atomic E-state index is -4.63. The van der Waals surface area contributed by atoms with E-state index in [0.717, 1.165) is 6.07 Å². The summed E-state index contributed by atoms with van der Waals surface area (Å²) in [7, 11) is -3.70. The lowest BCUT2D eigenvalue weighted by molar-refractivity contribution is -0.136. The molecule has 0 saturated heterocycles. The largest absolute Gasteiger partial charge is 0.418 e. The molecule has 0 atom stereocenters. The Morgan fingerprint density at radius 2 is 1.76 bits per heavy atom. The second-order valence-electron chi connectivity index (χ2n) is 6.03. The number of nitrogens with one attached hydrogen (secondary N) is 1. The normalized spacial score (nSPS) is 13.2. The van der Waals surface area contributed by atoms with Gasteiger partial charge >= 0.3 is 6.18 Å². The predicted molar refractivity (Wildman–Crippen MR) is 77.3 cm³/mol. The Morgan fingerprint density at radius 1 is 1.19 bits per heavy atom. The van der Waals surface area contributed by atoms with Crippen LogP contribution in [0.25, 0.3) is 0 Å². The summed E-state index contributed by atoms with van der Waals surface area (Å²) in [6, 6.07) is 2.94. The summed E-state index contributed by atoms with van der Waals surface area (Å²) in [5.74, 6) is -0.164. The second kappa shape index (κ2) is 5.75. The highest BCUT2D eigenvalue weighted by Gasteiger charge is 2.33. The van der Waals surface area contributed by atoms with Crippen LogP contribution in [-0.4, -0.2) is 14.2 Å². The zero-order valence-corrected chi connectivity index (χ0v) is 12.9. The molecule has 8 heteroatoms. The molecule has 120 valence electrons. The molecule has 0 fully saturated rings. The molecule has 0 aromatic heterocycles. The molecule has 4 nitrogen and oxygen atoms in total. The number of hydrogen-bond acceptors (Lipinski definition) is 3. The SMILES string of the molecule is CC(C)(C)CCS(=O)(=O)Nc1ccc(N)c(C(F)(F)F)c1. The van der Waals surface area contributed by atoms with Crippen LogP contribution < -0.4 is 10.5 Å². The van der Waals surface area contributed by atoms with E-state index in [9.17, 15) is 21.6 Å². The summed E-state index contributed by atoms with van der Waals surface area (Å²) >= 11 is 0. The van der Waals surface area contributed by atoms with E-state index in [-0.39, 0.29) is 16.9 Å². The van der Waals surface area contributed by atoms with Gasteiger partial charge in [-0.2, -0.15) is 13.2 Å². The van der Waals surface area contributed by atoms with E-state index >= 15 is 0 Å². The third-order valence-electron chi connectivity index (χ3n) is 2.75. The van der Waals surface area contributed by atoms with Gasteiger partial charge < -0.3 is 5.73 Å². The average Bonchev–Trinajstić information content (AvgIpc) is 2.27. The van der Waals surface area contributed by atoms with Crippen molar-refractivity contribution in [1.82, 2.24) is 0 Å². The molecule has 21 heavy (non-hydrogen) atoms. The number of nitrogens with two attached hydrogens (primary N) is 1. The van der Waals surface area contributed by atoms with Crippen molar-refractivity contribution in [1.29, 1.82) is 0 Å². The molecule has 1 rings (SSSR count). The van der Waals surface area contributed by atoms with Crippen LogP contribution in [0.5, 0.6) is 0 Å². The van der Waals surface area contributed by atoms with Crippen molar-refractivity contribution in [3.05, 3.63) is 23.8 Å². The van der Waals surface area contributed by atoms with Gasteiger partial charge in [0.2, 0.25) is 10.0 Å². The van der Waals surface area contributed by atoms with Crippen molar-refractivity contribution in [2.24, 2.45) is 5.41 Å². The zero-order chi connectivity index (χ0) is 16.5. The molecule has 0 radical (unpaired) electrons. The fourth-order valence-electron chi connectivity index (χ4n) is 1.54. The number of alkyl halides is 3. The third-order valence-corrected chi connectivity index (χ3v) is 4.04. The maximum atomic E-state index is 12.7. The fraction of sp³-hybridized carbons (Fsp3) is 0.538. The predicted octanol–water partition coefficient (Wildman–Crippen LogP) is 3.47. The maximum absolute atomic E-state index is 12.7. The lowest BCUT2D eigenvalue weighted by Crippen LogP contribution is -2.21. The van der Waals surface area contributed by atoms with Crippen LogP contribution in [0.15, 0.2) is 18.2 Å². The van der Waals surface area contributed by atoms with E-state index in [2.05, 4.69) is 4.72 Å². The summed E-state index contributed by atoms with van der Waals surface area (Å²) in [5.41, 5.74) is 3.42. The Balaban J connectivity index is 2.93. The first-order chi connectivity index (χ1) is 9.30. The van der Waals surface area contributed by atoms with Crippen LogP contribution in [0.2, 0.25) is 0 Å². The molecular formula is C13H19F3N2O2S. The number of sulfonamides is 1. The standard InChI is InChI=1S/C13H19F3N2O2S/c1-12(2,3)6-7-21(19,20)18-9-4-5-11(17)10(8-9)13(14,15)16/h4-5,8,18H,6-7,17H2,1-3H3. The van der Waals surface area contributed by atoms with E-state index in [0.29, 0.717) is 12.5 Å². The molecule has 0 aliphatic carbocycles. The van der Waals surface area contributed by atoms with Crippen LogP contribution in [0.3, 0.4) is 0 Å². The Morgan fingerprint density at radius 3 is 2.24 bits per heavy atom. The number of halogens is 3. The lowest BCUT2D eigenvalue weighted by atomic mass is 9.94. The molecule has 0 heterocycles. The van der Waals surface area contributed by atoms with Gasteiger partial charge in [0.05, 0.1) is 11.3 Å². The van der Waals surface area contributed by atoms with Crippen molar-refractivity contribution < 1.29 is 21.6 Å². The molecule has 3 N–H and O–H groups in total. The van der Waals surface area contributed by atoms with Crippen LogP contribution in [-0.2, 0) is 16.2 Å². The number of anilines is 2. The third kappa shape index (κ3) is 5.82. The van der Waals surface area contributed by atoms with E-state index in [1.807, 2.05) is 20.8 Å². The van der Waals surface area contributed by atoms with E-state index in [1.165, 1.54) is 6.07 Å². The lowest BCUT2D eigenvalue weighted by Gasteiger charge is -2.18. The van der Waals surface area contributed by atoms with Gasteiger partial charge in [-0.25, -0.2) is 8.42 Å². The smallest absolute Gasteiger partial charge is 0.398 e. The van der Waals surface area contributed by atoms with E-state index in [4.69, 9.17) is 5.73 Å². The Hall–Kier alpha value is -1.44. The van der Waals surface area contributed by atoms with Gasteiger partial charge in [0.15, 0.2) is 0 Å². The van der Waals surface area contributed by atoms with Crippen molar-refractivity contribution >= 4 is 21.4 Å². The highest BCUT2D eigenvalue weighted by Crippen LogP contribution is 2.35. The number of benzene rings is 1. The summed E-state index contributed by atoms with van der Waals surface area (Å²) < 4.78 is 64.0. The van der Waals surface area contributed by atoms with Crippen LogP contribution in [0.1, 0.15) is 32.8 Å². The summed E-state index contributed by atoms with van der Waals surface area (Å²) in [6.45, 7) is 5.65. The van der Waals surface area contributed by atoms with E-state index in [1.54, 1.807) is 0 Å². The van der Waals surface area contributed by atoms with Crippen molar-refractivity contribution in [2.75, 3.05) is 16.2 Å². The molecule has 1 aromatic rings. The average molecular weight is 324 g/mol. The molecule has 0 unspecified atom stereocenters. The minimum absolute atomic E-state index is 0.148. The highest BCUT2D eigenvalue weighted by atomic mass is 32.2. The molecule has 0 spiro atoms. The highest BCUT2D eigenvalue weighted by molar-refractivity contribution is 7.92. The fourth-order valence-corrected chi connectivity index (χ4v) is 3.01. The van der Waals surface area contributed by atoms with Gasteiger partial charge in [0, 0.05) is 11.4 Å². The van der Waals surface area contributed by atoms with Crippen LogP contribution in [0.4, 0.5) is 24.5 Å². The molecule has 0 aliphatic heterocycles. The maximum Gasteiger partial charge on any atom is 0.418 e. The molecule has 0 aliphatic rings. The van der Waals surface area contributed by atoms with Gasteiger partial charge in [-0.15, -0.1) is 0 Å². The number of hydrogen-bond donors (Lipinski definition) is 2. The van der Waals surface area contributed by atoms with Crippen molar-refractivity contribution in [3.8, 4) is 0 Å². The summed E-state index contributed by atoms with van der Waals surface area (Å²) in [5, 5.41) is 0. The molecular weight excluding hydrogens is 305 g/mol.